The van der Waals surface area contributed by atoms with Gasteiger partial charge in [-0.05, 0) is 42.2 Å². The third kappa shape index (κ3) is 5.04. The van der Waals surface area contributed by atoms with Gasteiger partial charge in [0.05, 0.1) is 11.8 Å². The van der Waals surface area contributed by atoms with E-state index in [4.69, 9.17) is 9.79 Å². The van der Waals surface area contributed by atoms with Crippen LogP contribution in [0.4, 0.5) is 0 Å². The molecule has 1 aliphatic carbocycles. The Morgan fingerprint density at radius 1 is 1.29 bits per heavy atom. The fourth-order valence-electron chi connectivity index (χ4n) is 2.59. The molecule has 0 saturated carbocycles. The molecule has 24 heavy (non-hydrogen) atoms. The summed E-state index contributed by atoms with van der Waals surface area (Å²) in [6.07, 6.45) is 1.83. The second-order valence-electron chi connectivity index (χ2n) is 5.74. The van der Waals surface area contributed by atoms with Crippen molar-refractivity contribution in [1.29, 1.82) is 0 Å². The summed E-state index contributed by atoms with van der Waals surface area (Å²) in [6.45, 7) is 1.86. The second-order valence-corrected chi connectivity index (χ2v) is 6.97. The first-order chi connectivity index (χ1) is 11.2. The van der Waals surface area contributed by atoms with E-state index in [9.17, 15) is 19.9 Å². The number of aromatic hydroxyl groups is 1. The van der Waals surface area contributed by atoms with Crippen LogP contribution in [-0.2, 0) is 4.57 Å². The first-order valence-corrected chi connectivity index (χ1v) is 8.95. The normalized spacial score (nSPS) is 19.6. The van der Waals surface area contributed by atoms with E-state index in [0.717, 1.165) is 5.56 Å². The maximum atomic E-state index is 11.1. The number of phenolic OH excluding ortho intramolecular Hbond substituents is 1. The molecule has 130 valence electrons. The summed E-state index contributed by atoms with van der Waals surface area (Å²) in [5, 5.41) is 29.6. The highest BCUT2D eigenvalue weighted by Gasteiger charge is 2.25. The number of benzene rings is 1. The molecule has 5 N–H and O–H groups in total. The summed E-state index contributed by atoms with van der Waals surface area (Å²) in [4.78, 5) is 18.1. The molecule has 2 unspecified atom stereocenters. The molecule has 0 bridgehead atoms. The van der Waals surface area contributed by atoms with Gasteiger partial charge in [-0.25, -0.2) is 4.57 Å². The lowest BCUT2D eigenvalue weighted by molar-refractivity contribution is 0.197. The zero-order chi connectivity index (χ0) is 17.9. The third-order valence-electron chi connectivity index (χ3n) is 3.77. The Bertz CT molecular complexity index is 749. The minimum absolute atomic E-state index is 0.0281. The van der Waals surface area contributed by atoms with Crippen LogP contribution in [-0.4, -0.2) is 36.9 Å². The molecule has 1 aromatic rings. The number of allylic oxidation sites excluding steroid dienone is 2. The topological polar surface area (TPSA) is 131 Å². The van der Waals surface area contributed by atoms with Gasteiger partial charge in [0.25, 0.3) is 0 Å². The fourth-order valence-corrected chi connectivity index (χ4v) is 3.11. The Morgan fingerprint density at radius 2 is 2.00 bits per heavy atom. The highest BCUT2D eigenvalue weighted by Crippen LogP contribution is 2.39. The van der Waals surface area contributed by atoms with E-state index in [1.807, 2.05) is 13.0 Å². The fraction of sp³-hybridized carbons (Fsp3) is 0.312. The first-order valence-electron chi connectivity index (χ1n) is 7.38. The van der Waals surface area contributed by atoms with Gasteiger partial charge < -0.3 is 25.1 Å². The highest BCUT2D eigenvalue weighted by molar-refractivity contribution is 7.50. The summed E-state index contributed by atoms with van der Waals surface area (Å²) in [6, 6.07) is 6.65. The van der Waals surface area contributed by atoms with Crippen molar-refractivity contribution in [1.82, 2.24) is 0 Å². The Hall–Kier alpha value is -1.92. The molecule has 8 heteroatoms. The van der Waals surface area contributed by atoms with Crippen molar-refractivity contribution < 1.29 is 29.7 Å². The third-order valence-corrected chi connectivity index (χ3v) is 4.27. The number of hydrogen-bond acceptors (Lipinski definition) is 4. The summed E-state index contributed by atoms with van der Waals surface area (Å²) < 4.78 is 14.5. The molecule has 7 nitrogen and oxygen atoms in total. The molecular weight excluding hydrogens is 333 g/mol. The molecule has 0 heterocycles. The molecule has 1 aliphatic rings. The van der Waals surface area contributed by atoms with Crippen LogP contribution in [0.25, 0.3) is 0 Å². The molecular formula is C16H20NO6P. The quantitative estimate of drug-likeness (QED) is 0.517. The predicted octanol–water partition coefficient (Wildman–Crippen LogP) is 2.55. The average molecular weight is 353 g/mol. The summed E-state index contributed by atoms with van der Waals surface area (Å²) in [7, 11) is -4.64. The lowest BCUT2D eigenvalue weighted by Crippen LogP contribution is -2.22. The highest BCUT2D eigenvalue weighted by atomic mass is 31.2. The maximum absolute atomic E-state index is 11.1. The SMILES string of the molecule is CC(CC(O)C1=CC(O)=CCC1=NP(=O)(O)O)c1cccc(O)c1. The molecule has 2 rings (SSSR count). The molecule has 0 aromatic heterocycles. The van der Waals surface area contributed by atoms with Crippen LogP contribution in [0.5, 0.6) is 5.75 Å². The largest absolute Gasteiger partial charge is 0.508 e. The van der Waals surface area contributed by atoms with Crippen molar-refractivity contribution in [2.24, 2.45) is 4.76 Å². The predicted molar refractivity (Wildman–Crippen MR) is 90.0 cm³/mol. The van der Waals surface area contributed by atoms with Crippen molar-refractivity contribution in [3.63, 3.8) is 0 Å². The lowest BCUT2D eigenvalue weighted by Gasteiger charge is -2.22. The Kier molecular flexibility index (Phi) is 5.62. The van der Waals surface area contributed by atoms with Crippen LogP contribution < -0.4 is 0 Å². The van der Waals surface area contributed by atoms with Crippen molar-refractivity contribution in [2.75, 3.05) is 0 Å². The van der Waals surface area contributed by atoms with Crippen LogP contribution in [0, 0.1) is 0 Å². The van der Waals surface area contributed by atoms with Gasteiger partial charge >= 0.3 is 7.75 Å². The molecule has 0 amide bonds. The van der Waals surface area contributed by atoms with Crippen molar-refractivity contribution in [3.8, 4) is 5.75 Å². The molecule has 0 spiro atoms. The Morgan fingerprint density at radius 3 is 2.62 bits per heavy atom. The first kappa shape index (κ1) is 18.4. The number of hydrogen-bond donors (Lipinski definition) is 5. The van der Waals surface area contributed by atoms with E-state index < -0.39 is 13.9 Å². The second kappa shape index (κ2) is 7.32. The van der Waals surface area contributed by atoms with Crippen LogP contribution in [0.15, 0.2) is 52.5 Å². The van der Waals surface area contributed by atoms with Crippen LogP contribution in [0.2, 0.25) is 0 Å². The molecule has 0 aliphatic heterocycles. The molecule has 2 atom stereocenters. The minimum atomic E-state index is -4.64. The molecule has 0 fully saturated rings. The van der Waals surface area contributed by atoms with E-state index in [-0.39, 0.29) is 41.6 Å². The van der Waals surface area contributed by atoms with Crippen molar-refractivity contribution in [3.05, 3.63) is 53.3 Å². The van der Waals surface area contributed by atoms with Gasteiger partial charge in [-0.1, -0.05) is 19.1 Å². The maximum Gasteiger partial charge on any atom is 0.448 e. The van der Waals surface area contributed by atoms with Gasteiger partial charge in [0.2, 0.25) is 0 Å². The summed E-state index contributed by atoms with van der Waals surface area (Å²) in [5.41, 5.74) is 1.06. The number of rotatable bonds is 5. The standard InChI is InChI=1S/C16H20NO6P/c1-10(11-3-2-4-12(18)8-11)7-16(20)14-9-13(19)5-6-15(14)17-24(21,22)23/h2-5,8-10,16,18-20H,6-7H2,1H3,(H2,21,22,23). The van der Waals surface area contributed by atoms with Gasteiger partial charge in [0, 0.05) is 12.0 Å². The number of nitrogens with zero attached hydrogens (tertiary/aromatic N) is 1. The van der Waals surface area contributed by atoms with Gasteiger partial charge in [-0.2, -0.15) is 4.76 Å². The van der Waals surface area contributed by atoms with E-state index in [2.05, 4.69) is 4.76 Å². The summed E-state index contributed by atoms with van der Waals surface area (Å²) in [5.74, 6) is -0.0915. The van der Waals surface area contributed by atoms with Gasteiger partial charge in [0.15, 0.2) is 0 Å². The van der Waals surface area contributed by atoms with E-state index in [1.54, 1.807) is 18.2 Å². The minimum Gasteiger partial charge on any atom is -0.508 e. The molecule has 1 aromatic carbocycles. The van der Waals surface area contributed by atoms with Gasteiger partial charge in [0.1, 0.15) is 11.5 Å². The Labute approximate surface area is 139 Å². The average Bonchev–Trinajstić information content (AvgIpc) is 2.47. The zero-order valence-electron chi connectivity index (χ0n) is 13.1. The Balaban J connectivity index is 2.22. The monoisotopic (exact) mass is 353 g/mol. The van der Waals surface area contributed by atoms with Gasteiger partial charge in [-0.3, -0.25) is 0 Å². The lowest BCUT2D eigenvalue weighted by atomic mass is 9.88. The number of aliphatic hydroxyl groups is 2. The molecule has 0 radical (unpaired) electrons. The zero-order valence-corrected chi connectivity index (χ0v) is 14.0. The van der Waals surface area contributed by atoms with Crippen LogP contribution >= 0.6 is 7.75 Å². The number of phenols is 1. The van der Waals surface area contributed by atoms with Crippen molar-refractivity contribution >= 4 is 13.5 Å². The van der Waals surface area contributed by atoms with E-state index in [1.165, 1.54) is 12.2 Å². The summed E-state index contributed by atoms with van der Waals surface area (Å²) >= 11 is 0. The van der Waals surface area contributed by atoms with E-state index >= 15 is 0 Å². The van der Waals surface area contributed by atoms with E-state index in [0.29, 0.717) is 0 Å². The molecule has 0 saturated heterocycles. The van der Waals surface area contributed by atoms with Crippen LogP contribution in [0.3, 0.4) is 0 Å². The van der Waals surface area contributed by atoms with Crippen LogP contribution in [0.1, 0.15) is 31.2 Å². The van der Waals surface area contributed by atoms with Gasteiger partial charge in [-0.15, -0.1) is 0 Å². The van der Waals surface area contributed by atoms with Crippen molar-refractivity contribution in [2.45, 2.75) is 31.8 Å². The smallest absolute Gasteiger partial charge is 0.448 e. The number of aliphatic hydroxyl groups excluding tert-OH is 2.